The summed E-state index contributed by atoms with van der Waals surface area (Å²) in [4.78, 5) is 25.1. The van der Waals surface area contributed by atoms with E-state index in [-0.39, 0.29) is 18.4 Å². The molecule has 0 aliphatic carbocycles. The van der Waals surface area contributed by atoms with Crippen LogP contribution in [0.25, 0.3) is 0 Å². The minimum Gasteiger partial charge on any atom is -0.353 e. The predicted molar refractivity (Wildman–Crippen MR) is 67.8 cm³/mol. The summed E-state index contributed by atoms with van der Waals surface area (Å²) < 4.78 is 0.868. The van der Waals surface area contributed by atoms with Crippen LogP contribution in [0.2, 0.25) is 0 Å². The zero-order chi connectivity index (χ0) is 12.4. The van der Waals surface area contributed by atoms with E-state index in [1.54, 1.807) is 11.0 Å². The first kappa shape index (κ1) is 12.1. The molecule has 1 N–H and O–H groups in total. The van der Waals surface area contributed by atoms with Crippen LogP contribution in [0.5, 0.6) is 0 Å². The van der Waals surface area contributed by atoms with Gasteiger partial charge in [-0.2, -0.15) is 0 Å². The standard InChI is InChI=1S/C12H13BrN2O2/c1-8-2-3-9(13)6-10(8)12(17)15-5-4-14-11(16)7-15/h2-3,6H,4-5,7H2,1H3,(H,14,16). The van der Waals surface area contributed by atoms with Gasteiger partial charge in [-0.3, -0.25) is 9.59 Å². The lowest BCUT2D eigenvalue weighted by Gasteiger charge is -2.27. The molecule has 1 heterocycles. The van der Waals surface area contributed by atoms with Crippen LogP contribution in [-0.4, -0.2) is 36.3 Å². The Morgan fingerprint density at radius 3 is 2.94 bits per heavy atom. The third-order valence-electron chi connectivity index (χ3n) is 2.76. The number of nitrogens with one attached hydrogen (secondary N) is 1. The van der Waals surface area contributed by atoms with Crippen molar-refractivity contribution in [2.75, 3.05) is 19.6 Å². The van der Waals surface area contributed by atoms with Gasteiger partial charge in [0.1, 0.15) is 0 Å². The summed E-state index contributed by atoms with van der Waals surface area (Å²) in [6, 6.07) is 5.58. The molecule has 1 aromatic carbocycles. The number of amides is 2. The van der Waals surface area contributed by atoms with Crippen LogP contribution in [0.4, 0.5) is 0 Å². The molecular formula is C12H13BrN2O2. The van der Waals surface area contributed by atoms with E-state index >= 15 is 0 Å². The van der Waals surface area contributed by atoms with E-state index in [0.717, 1.165) is 10.0 Å². The van der Waals surface area contributed by atoms with Crippen LogP contribution in [0.1, 0.15) is 15.9 Å². The van der Waals surface area contributed by atoms with Crippen molar-refractivity contribution in [1.29, 1.82) is 0 Å². The number of hydrogen-bond acceptors (Lipinski definition) is 2. The largest absolute Gasteiger partial charge is 0.353 e. The van der Waals surface area contributed by atoms with E-state index in [2.05, 4.69) is 21.2 Å². The second kappa shape index (κ2) is 4.87. The zero-order valence-electron chi connectivity index (χ0n) is 9.50. The molecule has 1 saturated heterocycles. The number of hydrogen-bond donors (Lipinski definition) is 1. The molecule has 0 radical (unpaired) electrons. The van der Waals surface area contributed by atoms with E-state index in [4.69, 9.17) is 0 Å². The van der Waals surface area contributed by atoms with Crippen molar-refractivity contribution in [2.24, 2.45) is 0 Å². The number of benzene rings is 1. The van der Waals surface area contributed by atoms with E-state index in [1.807, 2.05) is 19.1 Å². The van der Waals surface area contributed by atoms with Gasteiger partial charge >= 0.3 is 0 Å². The number of piperazine rings is 1. The predicted octanol–water partition coefficient (Wildman–Crippen LogP) is 1.33. The van der Waals surface area contributed by atoms with Gasteiger partial charge in [0.2, 0.25) is 5.91 Å². The number of halogens is 1. The fourth-order valence-electron chi connectivity index (χ4n) is 1.81. The average molecular weight is 297 g/mol. The van der Waals surface area contributed by atoms with Crippen molar-refractivity contribution in [1.82, 2.24) is 10.2 Å². The molecular weight excluding hydrogens is 284 g/mol. The van der Waals surface area contributed by atoms with E-state index < -0.39 is 0 Å². The second-order valence-electron chi connectivity index (χ2n) is 4.04. The molecule has 0 aromatic heterocycles. The van der Waals surface area contributed by atoms with E-state index in [1.165, 1.54) is 0 Å². The van der Waals surface area contributed by atoms with Crippen molar-refractivity contribution in [2.45, 2.75) is 6.92 Å². The minimum absolute atomic E-state index is 0.0846. The number of rotatable bonds is 1. The van der Waals surface area contributed by atoms with Gasteiger partial charge in [0.15, 0.2) is 0 Å². The first-order valence-electron chi connectivity index (χ1n) is 5.40. The molecule has 4 nitrogen and oxygen atoms in total. The van der Waals surface area contributed by atoms with Crippen molar-refractivity contribution < 1.29 is 9.59 Å². The number of carbonyl (C=O) groups is 2. The third kappa shape index (κ3) is 2.66. The second-order valence-corrected chi connectivity index (χ2v) is 4.95. The van der Waals surface area contributed by atoms with Crippen LogP contribution >= 0.6 is 15.9 Å². The molecule has 0 atom stereocenters. The molecule has 0 unspecified atom stereocenters. The van der Waals surface area contributed by atoms with Crippen molar-refractivity contribution in [3.8, 4) is 0 Å². The lowest BCUT2D eigenvalue weighted by atomic mass is 10.1. The Morgan fingerprint density at radius 1 is 1.47 bits per heavy atom. The Bertz CT molecular complexity index is 474. The van der Waals surface area contributed by atoms with Crippen molar-refractivity contribution >= 4 is 27.7 Å². The first-order chi connectivity index (χ1) is 8.08. The fourth-order valence-corrected chi connectivity index (χ4v) is 2.17. The van der Waals surface area contributed by atoms with Crippen LogP contribution in [0.15, 0.2) is 22.7 Å². The van der Waals surface area contributed by atoms with Gasteiger partial charge in [-0.15, -0.1) is 0 Å². The van der Waals surface area contributed by atoms with Gasteiger partial charge < -0.3 is 10.2 Å². The topological polar surface area (TPSA) is 49.4 Å². The molecule has 0 spiro atoms. The fraction of sp³-hybridized carbons (Fsp3) is 0.333. The number of aryl methyl sites for hydroxylation is 1. The molecule has 1 aromatic rings. The van der Waals surface area contributed by atoms with Crippen molar-refractivity contribution in [3.05, 3.63) is 33.8 Å². The summed E-state index contributed by atoms with van der Waals surface area (Å²) in [7, 11) is 0. The maximum Gasteiger partial charge on any atom is 0.254 e. The summed E-state index contributed by atoms with van der Waals surface area (Å²) in [5, 5.41) is 2.70. The van der Waals surface area contributed by atoms with Gasteiger partial charge in [-0.05, 0) is 24.6 Å². The first-order valence-corrected chi connectivity index (χ1v) is 6.19. The molecule has 17 heavy (non-hydrogen) atoms. The van der Waals surface area contributed by atoms with Gasteiger partial charge in [0.05, 0.1) is 6.54 Å². The van der Waals surface area contributed by atoms with Crippen LogP contribution in [0.3, 0.4) is 0 Å². The van der Waals surface area contributed by atoms with E-state index in [9.17, 15) is 9.59 Å². The molecule has 90 valence electrons. The Balaban J connectivity index is 2.24. The van der Waals surface area contributed by atoms with Crippen LogP contribution in [0, 0.1) is 6.92 Å². The van der Waals surface area contributed by atoms with Crippen LogP contribution < -0.4 is 5.32 Å². The highest BCUT2D eigenvalue weighted by Crippen LogP contribution is 2.18. The molecule has 2 amide bonds. The SMILES string of the molecule is Cc1ccc(Br)cc1C(=O)N1CCNC(=O)C1. The van der Waals surface area contributed by atoms with E-state index in [0.29, 0.717) is 18.7 Å². The maximum absolute atomic E-state index is 12.2. The maximum atomic E-state index is 12.2. The Labute approximate surface area is 108 Å². The van der Waals surface area contributed by atoms with Gasteiger partial charge in [0, 0.05) is 23.1 Å². The summed E-state index contributed by atoms with van der Waals surface area (Å²) >= 11 is 3.35. The van der Waals surface area contributed by atoms with Gasteiger partial charge in [-0.1, -0.05) is 22.0 Å². The monoisotopic (exact) mass is 296 g/mol. The summed E-state index contributed by atoms with van der Waals surface area (Å²) in [6.07, 6.45) is 0. The third-order valence-corrected chi connectivity index (χ3v) is 3.25. The highest BCUT2D eigenvalue weighted by Gasteiger charge is 2.23. The zero-order valence-corrected chi connectivity index (χ0v) is 11.1. The lowest BCUT2D eigenvalue weighted by molar-refractivity contribution is -0.123. The molecule has 0 bridgehead atoms. The molecule has 0 saturated carbocycles. The number of nitrogens with zero attached hydrogens (tertiary/aromatic N) is 1. The quantitative estimate of drug-likeness (QED) is 0.850. The number of carbonyl (C=O) groups excluding carboxylic acids is 2. The lowest BCUT2D eigenvalue weighted by Crippen LogP contribution is -2.50. The average Bonchev–Trinajstić information content (AvgIpc) is 2.31. The smallest absolute Gasteiger partial charge is 0.254 e. The Morgan fingerprint density at radius 2 is 2.24 bits per heavy atom. The molecule has 1 fully saturated rings. The van der Waals surface area contributed by atoms with Crippen LogP contribution in [-0.2, 0) is 4.79 Å². The molecule has 1 aliphatic rings. The van der Waals surface area contributed by atoms with Gasteiger partial charge in [0.25, 0.3) is 5.91 Å². The Kier molecular flexibility index (Phi) is 3.47. The normalized spacial score (nSPS) is 15.6. The summed E-state index contributed by atoms with van der Waals surface area (Å²) in [5.41, 5.74) is 1.57. The Hall–Kier alpha value is -1.36. The summed E-state index contributed by atoms with van der Waals surface area (Å²) in [6.45, 7) is 3.13. The minimum atomic E-state index is -0.0998. The highest BCUT2D eigenvalue weighted by molar-refractivity contribution is 9.10. The molecule has 5 heteroatoms. The van der Waals surface area contributed by atoms with Crippen molar-refractivity contribution in [3.63, 3.8) is 0 Å². The molecule has 2 rings (SSSR count). The highest BCUT2D eigenvalue weighted by atomic mass is 79.9. The molecule has 1 aliphatic heterocycles. The summed E-state index contributed by atoms with van der Waals surface area (Å²) in [5.74, 6) is -0.184. The van der Waals surface area contributed by atoms with Gasteiger partial charge in [-0.25, -0.2) is 0 Å².